The van der Waals surface area contributed by atoms with Gasteiger partial charge in [-0.2, -0.15) is 0 Å². The molecule has 0 radical (unpaired) electrons. The van der Waals surface area contributed by atoms with Crippen LogP contribution in [0.5, 0.6) is 0 Å². The second kappa shape index (κ2) is 8.35. The molecule has 2 rings (SSSR count). The van der Waals surface area contributed by atoms with E-state index in [-0.39, 0.29) is 34.2 Å². The van der Waals surface area contributed by atoms with E-state index < -0.39 is 34.9 Å². The molecule has 8 heteroatoms. The number of ether oxygens (including phenoxy) is 1. The van der Waals surface area contributed by atoms with Gasteiger partial charge in [0.05, 0.1) is 6.04 Å². The van der Waals surface area contributed by atoms with Crippen LogP contribution in [0.15, 0.2) is 0 Å². The first-order valence-electron chi connectivity index (χ1n) is 11.1. The Morgan fingerprint density at radius 1 is 0.828 bits per heavy atom. The Labute approximate surface area is 180 Å². The molecule has 0 unspecified atom stereocenters. The Morgan fingerprint density at radius 3 is 1.62 bits per heavy atom. The molecule has 0 spiro atoms. The average Bonchev–Trinajstić information content (AvgIpc) is 2.70. The second-order valence-electron chi connectivity index (χ2n) is 10.7. The first kappa shape index (κ1) is 25.0. The van der Waals surface area contributed by atoms with Crippen molar-refractivity contribution in [1.29, 1.82) is 0 Å². The first-order chi connectivity index (χ1) is 13.1. The monoisotopic (exact) mass is 445 g/mol. The van der Waals surface area contributed by atoms with Crippen molar-refractivity contribution in [1.82, 2.24) is 4.90 Å². The van der Waals surface area contributed by atoms with Gasteiger partial charge in [-0.05, 0) is 50.1 Å². The van der Waals surface area contributed by atoms with Gasteiger partial charge < -0.3 is 22.6 Å². The molecule has 170 valence electrons. The third kappa shape index (κ3) is 4.13. The molecule has 0 amide bonds. The van der Waals surface area contributed by atoms with E-state index in [2.05, 4.69) is 60.3 Å². The van der Waals surface area contributed by atoms with Crippen LogP contribution in [-0.2, 0) is 22.5 Å². The summed E-state index contributed by atoms with van der Waals surface area (Å²) in [5.74, 6) is -0.322. The molecular formula is C21H43NO5Si2. The highest BCUT2D eigenvalue weighted by atomic mass is 28.5. The van der Waals surface area contributed by atoms with Crippen LogP contribution in [0.4, 0.5) is 0 Å². The lowest BCUT2D eigenvalue weighted by Crippen LogP contribution is -2.68. The third-order valence-electron chi connectivity index (χ3n) is 6.64. The van der Waals surface area contributed by atoms with Crippen LogP contribution in [0.2, 0.25) is 22.2 Å². The van der Waals surface area contributed by atoms with Crippen molar-refractivity contribution in [3.05, 3.63) is 0 Å². The van der Waals surface area contributed by atoms with Gasteiger partial charge in [-0.15, -0.1) is 0 Å². The maximum absolute atomic E-state index is 13.2. The quantitative estimate of drug-likeness (QED) is 0.456. The Kier molecular flexibility index (Phi) is 7.20. The summed E-state index contributed by atoms with van der Waals surface area (Å²) in [6.45, 7) is 21.4. The van der Waals surface area contributed by atoms with Crippen LogP contribution >= 0.6 is 0 Å². The number of fused-ring (bicyclic) bond motifs is 1. The molecule has 0 bridgehead atoms. The van der Waals surface area contributed by atoms with Gasteiger partial charge in [0.1, 0.15) is 11.7 Å². The van der Waals surface area contributed by atoms with E-state index in [1.807, 2.05) is 27.9 Å². The number of hydrogen-bond donors (Lipinski definition) is 0. The maximum atomic E-state index is 13.2. The fourth-order valence-electron chi connectivity index (χ4n) is 5.29. The van der Waals surface area contributed by atoms with E-state index >= 15 is 0 Å². The van der Waals surface area contributed by atoms with Gasteiger partial charge in [-0.3, -0.25) is 0 Å². The predicted molar refractivity (Wildman–Crippen MR) is 120 cm³/mol. The molecule has 2 aliphatic heterocycles. The second-order valence-corrected chi connectivity index (χ2v) is 19.5. The summed E-state index contributed by atoms with van der Waals surface area (Å²) in [6.07, 6.45) is -1.16. The number of carbonyl (C=O) groups is 1. The Hall–Kier alpha value is -0.256. The van der Waals surface area contributed by atoms with Gasteiger partial charge in [0.2, 0.25) is 0 Å². The van der Waals surface area contributed by atoms with Gasteiger partial charge >= 0.3 is 23.1 Å². The van der Waals surface area contributed by atoms with E-state index in [9.17, 15) is 4.79 Å². The highest BCUT2D eigenvalue weighted by Crippen LogP contribution is 2.50. The predicted octanol–water partition coefficient (Wildman–Crippen LogP) is 4.58. The van der Waals surface area contributed by atoms with E-state index in [4.69, 9.17) is 17.7 Å². The largest absolute Gasteiger partial charge is 0.456 e. The highest BCUT2D eigenvalue weighted by molar-refractivity contribution is 6.84. The molecule has 2 fully saturated rings. The zero-order valence-electron chi connectivity index (χ0n) is 20.5. The van der Waals surface area contributed by atoms with E-state index in [1.165, 1.54) is 0 Å². The zero-order chi connectivity index (χ0) is 22.5. The summed E-state index contributed by atoms with van der Waals surface area (Å²) >= 11 is 0. The lowest BCUT2D eigenvalue weighted by Gasteiger charge is -2.50. The van der Waals surface area contributed by atoms with Crippen LogP contribution in [0.1, 0.15) is 69.2 Å². The van der Waals surface area contributed by atoms with Crippen LogP contribution in [-0.4, -0.2) is 65.9 Å². The minimum absolute atomic E-state index is 0.123. The molecule has 0 aromatic rings. The normalized spacial score (nSPS) is 31.3. The molecule has 2 saturated heterocycles. The van der Waals surface area contributed by atoms with Crippen LogP contribution in [0.25, 0.3) is 0 Å². The lowest BCUT2D eigenvalue weighted by molar-refractivity contribution is -0.203. The smallest absolute Gasteiger partial charge is 0.337 e. The molecule has 0 aromatic carbocycles. The number of likely N-dealkylation sites (N-methyl/N-ethyl adjacent to an activating group) is 1. The van der Waals surface area contributed by atoms with Gasteiger partial charge in [-0.1, -0.05) is 55.4 Å². The molecule has 0 aromatic heterocycles. The SMILES string of the molecule is CC(C)[Si]1(C(C)C)O[C@@H]2[C@H](N(C)C)C(C)(C)OC(=O)[C@@H]2O[Si](C(C)C)(C(C)C)O1. The summed E-state index contributed by atoms with van der Waals surface area (Å²) in [7, 11) is -1.50. The maximum Gasteiger partial charge on any atom is 0.337 e. The average molecular weight is 446 g/mol. The van der Waals surface area contributed by atoms with Gasteiger partial charge in [0, 0.05) is 0 Å². The molecule has 2 aliphatic rings. The minimum atomic E-state index is -2.79. The number of hydrogen-bond acceptors (Lipinski definition) is 6. The summed E-state index contributed by atoms with van der Waals surface area (Å²) in [6, 6.07) is -0.123. The molecule has 0 N–H and O–H groups in total. The number of rotatable bonds is 5. The highest BCUT2D eigenvalue weighted by Gasteiger charge is 2.66. The standard InChI is InChI=1S/C21H43NO5Si2/c1-13(2)28(14(3)4)25-17-18(26-29(27-28,15(5)6)16(7)8)20(23)24-21(9,10)19(17)22(11)12/h13-19H,1-12H3/t17-,18+,19-/m0/s1. The van der Waals surface area contributed by atoms with E-state index in [1.54, 1.807) is 0 Å². The van der Waals surface area contributed by atoms with Crippen molar-refractivity contribution in [3.63, 3.8) is 0 Å². The van der Waals surface area contributed by atoms with Crippen molar-refractivity contribution < 1.29 is 22.5 Å². The Balaban J connectivity index is 2.75. The summed E-state index contributed by atoms with van der Waals surface area (Å²) in [4.78, 5) is 15.3. The van der Waals surface area contributed by atoms with Crippen molar-refractivity contribution >= 4 is 23.1 Å². The molecular weight excluding hydrogens is 402 g/mol. The Bertz CT molecular complexity index is 590. The number of cyclic esters (lactones) is 1. The van der Waals surface area contributed by atoms with Crippen LogP contribution < -0.4 is 0 Å². The molecule has 6 nitrogen and oxygen atoms in total. The van der Waals surface area contributed by atoms with Crippen molar-refractivity contribution in [2.45, 2.75) is 115 Å². The summed E-state index contributed by atoms with van der Waals surface area (Å²) in [5, 5.41) is 0. The molecule has 0 aliphatic carbocycles. The summed E-state index contributed by atoms with van der Waals surface area (Å²) in [5.41, 5.74) is 0.171. The topological polar surface area (TPSA) is 57.2 Å². The number of carbonyl (C=O) groups excluding carboxylic acids is 1. The minimum Gasteiger partial charge on any atom is -0.456 e. The van der Waals surface area contributed by atoms with Crippen LogP contribution in [0, 0.1) is 0 Å². The molecule has 2 heterocycles. The van der Waals surface area contributed by atoms with Crippen molar-refractivity contribution in [2.75, 3.05) is 14.1 Å². The number of nitrogens with zero attached hydrogens (tertiary/aromatic N) is 1. The molecule has 3 atom stereocenters. The lowest BCUT2D eigenvalue weighted by atomic mass is 9.87. The third-order valence-corrected chi connectivity index (χ3v) is 16.9. The van der Waals surface area contributed by atoms with Gasteiger partial charge in [0.15, 0.2) is 6.10 Å². The fourth-order valence-corrected chi connectivity index (χ4v) is 16.5. The van der Waals surface area contributed by atoms with E-state index in [0.717, 1.165) is 0 Å². The fraction of sp³-hybridized carbons (Fsp3) is 0.952. The van der Waals surface area contributed by atoms with Crippen molar-refractivity contribution in [2.24, 2.45) is 0 Å². The van der Waals surface area contributed by atoms with Crippen LogP contribution in [0.3, 0.4) is 0 Å². The Morgan fingerprint density at radius 2 is 1.24 bits per heavy atom. The first-order valence-corrected chi connectivity index (χ1v) is 15.0. The van der Waals surface area contributed by atoms with Gasteiger partial charge in [0.25, 0.3) is 0 Å². The molecule has 0 saturated carbocycles. The molecule has 29 heavy (non-hydrogen) atoms. The number of esters is 1. The summed E-state index contributed by atoms with van der Waals surface area (Å²) < 4.78 is 26.9. The van der Waals surface area contributed by atoms with E-state index in [0.29, 0.717) is 0 Å². The zero-order valence-corrected chi connectivity index (χ0v) is 22.5. The van der Waals surface area contributed by atoms with Crippen molar-refractivity contribution in [3.8, 4) is 0 Å². The van der Waals surface area contributed by atoms with Gasteiger partial charge in [-0.25, -0.2) is 4.79 Å².